The molecule has 0 aliphatic rings. The highest BCUT2D eigenvalue weighted by atomic mass is 14.3. The Labute approximate surface area is 80.0 Å². The highest BCUT2D eigenvalue weighted by molar-refractivity contribution is 5.23. The minimum Gasteiger partial charge on any atom is -0.198 e. The largest absolute Gasteiger partial charge is 0.198 e. The van der Waals surface area contributed by atoms with Gasteiger partial charge in [0.2, 0.25) is 0 Å². The molecule has 0 heterocycles. The van der Waals surface area contributed by atoms with Crippen LogP contribution in [-0.2, 0) is 12.8 Å². The molecule has 1 aromatic rings. The molecule has 0 aromatic heterocycles. The van der Waals surface area contributed by atoms with E-state index >= 15 is 0 Å². The van der Waals surface area contributed by atoms with Gasteiger partial charge in [0.25, 0.3) is 0 Å². The van der Waals surface area contributed by atoms with Crippen molar-refractivity contribution in [3.63, 3.8) is 0 Å². The molecule has 1 nitrogen and oxygen atoms in total. The summed E-state index contributed by atoms with van der Waals surface area (Å²) >= 11 is 0. The third kappa shape index (κ3) is 2.91. The summed E-state index contributed by atoms with van der Waals surface area (Å²) in [6.07, 6.45) is 1.94. The van der Waals surface area contributed by atoms with E-state index in [0.29, 0.717) is 0 Å². The maximum absolute atomic E-state index is 8.65. The molecule has 68 valence electrons. The van der Waals surface area contributed by atoms with Crippen LogP contribution in [0.5, 0.6) is 0 Å². The van der Waals surface area contributed by atoms with Crippen molar-refractivity contribution in [2.45, 2.75) is 26.7 Å². The Morgan fingerprint density at radius 3 is 2.23 bits per heavy atom. The molecule has 1 rings (SSSR count). The average molecular weight is 173 g/mol. The van der Waals surface area contributed by atoms with Crippen LogP contribution in [0.4, 0.5) is 0 Å². The Bertz CT molecular complexity index is 292. The molecule has 13 heavy (non-hydrogen) atoms. The van der Waals surface area contributed by atoms with E-state index < -0.39 is 0 Å². The molecule has 0 N–H and O–H groups in total. The fourth-order valence-electron chi connectivity index (χ4n) is 1.31. The molecular weight excluding hydrogens is 158 g/mol. The summed E-state index contributed by atoms with van der Waals surface area (Å²) in [5, 5.41) is 8.65. The van der Waals surface area contributed by atoms with Gasteiger partial charge in [0.1, 0.15) is 0 Å². The van der Waals surface area contributed by atoms with Gasteiger partial charge in [-0.2, -0.15) is 5.26 Å². The predicted molar refractivity (Wildman–Crippen MR) is 54.3 cm³/mol. The molecule has 1 heteroatoms. The summed E-state index contributed by atoms with van der Waals surface area (Å²) < 4.78 is 0. The summed E-state index contributed by atoms with van der Waals surface area (Å²) in [5.74, 6) is 0.118. The summed E-state index contributed by atoms with van der Waals surface area (Å²) in [6, 6.07) is 10.8. The summed E-state index contributed by atoms with van der Waals surface area (Å²) in [6.45, 7) is 4.10. The lowest BCUT2D eigenvalue weighted by molar-refractivity contribution is 0.738. The van der Waals surface area contributed by atoms with Crippen LogP contribution < -0.4 is 0 Å². The van der Waals surface area contributed by atoms with Crippen LogP contribution >= 0.6 is 0 Å². The van der Waals surface area contributed by atoms with Gasteiger partial charge in [-0.1, -0.05) is 31.2 Å². The fourth-order valence-corrected chi connectivity index (χ4v) is 1.31. The molecule has 0 aliphatic carbocycles. The van der Waals surface area contributed by atoms with E-state index in [1.807, 2.05) is 6.92 Å². The standard InChI is InChI=1S/C12H15N/c1-3-11-4-6-12(7-5-11)8-10(2)9-13/h4-7,10H,3,8H2,1-2H3. The second-order valence-corrected chi connectivity index (χ2v) is 3.40. The van der Waals surface area contributed by atoms with Crippen LogP contribution in [-0.4, -0.2) is 0 Å². The molecule has 1 aromatic carbocycles. The molecule has 0 radical (unpaired) electrons. The zero-order chi connectivity index (χ0) is 9.68. The number of nitrogens with zero attached hydrogens (tertiary/aromatic N) is 1. The Kier molecular flexibility index (Phi) is 3.52. The third-order valence-corrected chi connectivity index (χ3v) is 2.19. The summed E-state index contributed by atoms with van der Waals surface area (Å²) in [4.78, 5) is 0. The topological polar surface area (TPSA) is 23.8 Å². The van der Waals surface area contributed by atoms with Gasteiger partial charge < -0.3 is 0 Å². The van der Waals surface area contributed by atoms with Gasteiger partial charge in [-0.25, -0.2) is 0 Å². The van der Waals surface area contributed by atoms with Gasteiger partial charge >= 0.3 is 0 Å². The Hall–Kier alpha value is -1.29. The highest BCUT2D eigenvalue weighted by Gasteiger charge is 2.00. The lowest BCUT2D eigenvalue weighted by Crippen LogP contribution is -1.95. The average Bonchev–Trinajstić information content (AvgIpc) is 2.19. The van der Waals surface area contributed by atoms with Crippen molar-refractivity contribution >= 4 is 0 Å². The molecule has 1 unspecified atom stereocenters. The summed E-state index contributed by atoms with van der Waals surface area (Å²) in [7, 11) is 0. The number of aryl methyl sites for hydroxylation is 1. The minimum atomic E-state index is 0.118. The normalized spacial score (nSPS) is 12.1. The van der Waals surface area contributed by atoms with E-state index in [4.69, 9.17) is 5.26 Å². The maximum Gasteiger partial charge on any atom is 0.0656 e. The first-order valence-corrected chi connectivity index (χ1v) is 4.73. The highest BCUT2D eigenvalue weighted by Crippen LogP contribution is 2.09. The van der Waals surface area contributed by atoms with Crippen molar-refractivity contribution < 1.29 is 0 Å². The monoisotopic (exact) mass is 173 g/mol. The molecule has 1 atom stereocenters. The molecule has 0 amide bonds. The lowest BCUT2D eigenvalue weighted by Gasteiger charge is -2.03. The molecule has 0 saturated carbocycles. The number of hydrogen-bond donors (Lipinski definition) is 0. The SMILES string of the molecule is CCc1ccc(CC(C)C#N)cc1. The first-order chi connectivity index (χ1) is 6.26. The molecular formula is C12H15N. The van der Waals surface area contributed by atoms with E-state index in [1.165, 1.54) is 11.1 Å². The van der Waals surface area contributed by atoms with Gasteiger partial charge in [0.05, 0.1) is 6.07 Å². The minimum absolute atomic E-state index is 0.118. The van der Waals surface area contributed by atoms with E-state index in [2.05, 4.69) is 37.3 Å². The van der Waals surface area contributed by atoms with E-state index in [-0.39, 0.29) is 5.92 Å². The van der Waals surface area contributed by atoms with Gasteiger partial charge in [0, 0.05) is 5.92 Å². The van der Waals surface area contributed by atoms with Crippen molar-refractivity contribution in [2.24, 2.45) is 5.92 Å². The van der Waals surface area contributed by atoms with Gasteiger partial charge in [-0.05, 0) is 30.9 Å². The fraction of sp³-hybridized carbons (Fsp3) is 0.417. The molecule has 0 saturated heterocycles. The Morgan fingerprint density at radius 2 is 1.77 bits per heavy atom. The van der Waals surface area contributed by atoms with Crippen molar-refractivity contribution in [2.75, 3.05) is 0 Å². The Balaban J connectivity index is 2.65. The second-order valence-electron chi connectivity index (χ2n) is 3.40. The first kappa shape index (κ1) is 9.80. The van der Waals surface area contributed by atoms with Crippen molar-refractivity contribution in [3.8, 4) is 6.07 Å². The lowest BCUT2D eigenvalue weighted by atomic mass is 10.0. The van der Waals surface area contributed by atoms with E-state index in [9.17, 15) is 0 Å². The van der Waals surface area contributed by atoms with Crippen LogP contribution in [0.3, 0.4) is 0 Å². The van der Waals surface area contributed by atoms with Crippen molar-refractivity contribution in [3.05, 3.63) is 35.4 Å². The summed E-state index contributed by atoms with van der Waals surface area (Å²) in [5.41, 5.74) is 2.61. The van der Waals surface area contributed by atoms with Crippen LogP contribution in [0, 0.1) is 17.2 Å². The third-order valence-electron chi connectivity index (χ3n) is 2.19. The smallest absolute Gasteiger partial charge is 0.0656 e. The number of benzene rings is 1. The van der Waals surface area contributed by atoms with Gasteiger partial charge in [-0.3, -0.25) is 0 Å². The van der Waals surface area contributed by atoms with Gasteiger partial charge in [0.15, 0.2) is 0 Å². The first-order valence-electron chi connectivity index (χ1n) is 4.73. The zero-order valence-corrected chi connectivity index (χ0v) is 8.25. The van der Waals surface area contributed by atoms with Crippen molar-refractivity contribution in [1.29, 1.82) is 5.26 Å². The molecule has 0 bridgehead atoms. The van der Waals surface area contributed by atoms with Crippen molar-refractivity contribution in [1.82, 2.24) is 0 Å². The van der Waals surface area contributed by atoms with Crippen LogP contribution in [0.25, 0.3) is 0 Å². The number of hydrogen-bond acceptors (Lipinski definition) is 1. The number of nitriles is 1. The Morgan fingerprint density at radius 1 is 1.23 bits per heavy atom. The second kappa shape index (κ2) is 4.67. The van der Waals surface area contributed by atoms with Crippen LogP contribution in [0.1, 0.15) is 25.0 Å². The van der Waals surface area contributed by atoms with Crippen LogP contribution in [0.15, 0.2) is 24.3 Å². The zero-order valence-electron chi connectivity index (χ0n) is 8.25. The molecule has 0 aliphatic heterocycles. The van der Waals surface area contributed by atoms with E-state index in [0.717, 1.165) is 12.8 Å². The molecule has 0 spiro atoms. The van der Waals surface area contributed by atoms with Gasteiger partial charge in [-0.15, -0.1) is 0 Å². The maximum atomic E-state index is 8.65. The predicted octanol–water partition coefficient (Wildman–Crippen LogP) is 2.95. The van der Waals surface area contributed by atoms with E-state index in [1.54, 1.807) is 0 Å². The quantitative estimate of drug-likeness (QED) is 0.689. The number of rotatable bonds is 3. The molecule has 0 fully saturated rings. The van der Waals surface area contributed by atoms with Crippen LogP contribution in [0.2, 0.25) is 0 Å².